The van der Waals surface area contributed by atoms with Crippen molar-refractivity contribution >= 4 is 0 Å². The van der Waals surface area contributed by atoms with Gasteiger partial charge in [-0.2, -0.15) is 0 Å². The van der Waals surface area contributed by atoms with E-state index in [0.29, 0.717) is 19.3 Å². The van der Waals surface area contributed by atoms with Gasteiger partial charge in [0.25, 0.3) is 0 Å². The van der Waals surface area contributed by atoms with Crippen molar-refractivity contribution in [3.05, 3.63) is 29.8 Å². The Kier molecular flexibility index (Phi) is 5.96. The molecule has 0 unspecified atom stereocenters. The van der Waals surface area contributed by atoms with Crippen LogP contribution in [-0.4, -0.2) is 24.2 Å². The second-order valence-electron chi connectivity index (χ2n) is 4.03. The zero-order chi connectivity index (χ0) is 11.8. The molecule has 90 valence electrons. The number of nitrogens with one attached hydrogen (secondary N) is 1. The molecule has 0 aliphatic heterocycles. The maximum atomic E-state index is 12.8. The van der Waals surface area contributed by atoms with Crippen LogP contribution >= 0.6 is 0 Å². The minimum atomic E-state index is -0.317. The third kappa shape index (κ3) is 5.78. The summed E-state index contributed by atoms with van der Waals surface area (Å²) in [7, 11) is 0. The molecule has 0 saturated heterocycles. The number of pyridine rings is 1. The van der Waals surface area contributed by atoms with E-state index in [4.69, 9.17) is 4.74 Å². The lowest BCUT2D eigenvalue weighted by Crippen LogP contribution is -2.24. The lowest BCUT2D eigenvalue weighted by Gasteiger charge is -2.08. The van der Waals surface area contributed by atoms with Gasteiger partial charge in [0.15, 0.2) is 0 Å². The first-order valence-electron chi connectivity index (χ1n) is 5.59. The molecule has 1 N–H and O–H groups in total. The van der Waals surface area contributed by atoms with Gasteiger partial charge < -0.3 is 10.1 Å². The Hall–Kier alpha value is -1.00. The molecule has 1 heterocycles. The van der Waals surface area contributed by atoms with Crippen LogP contribution in [-0.2, 0) is 11.3 Å². The van der Waals surface area contributed by atoms with Crippen molar-refractivity contribution in [2.45, 2.75) is 32.9 Å². The number of hydrogen-bond donors (Lipinski definition) is 1. The van der Waals surface area contributed by atoms with Crippen LogP contribution in [0.25, 0.3) is 0 Å². The number of ether oxygens (including phenoxy) is 1. The van der Waals surface area contributed by atoms with Crippen LogP contribution in [0.1, 0.15) is 25.8 Å². The highest BCUT2D eigenvalue weighted by atomic mass is 19.1. The fraction of sp³-hybridized carbons (Fsp3) is 0.583. The van der Waals surface area contributed by atoms with Crippen LogP contribution in [0.3, 0.4) is 0 Å². The van der Waals surface area contributed by atoms with Gasteiger partial charge in [-0.3, -0.25) is 4.98 Å². The van der Waals surface area contributed by atoms with Crippen LogP contribution in [0, 0.1) is 5.82 Å². The Morgan fingerprint density at radius 1 is 1.44 bits per heavy atom. The highest BCUT2D eigenvalue weighted by molar-refractivity contribution is 5.08. The molecule has 0 bridgehead atoms. The van der Waals surface area contributed by atoms with Crippen molar-refractivity contribution < 1.29 is 9.13 Å². The largest absolute Gasteiger partial charge is 0.377 e. The fourth-order valence-corrected chi connectivity index (χ4v) is 1.29. The molecule has 0 amide bonds. The Labute approximate surface area is 96.0 Å². The van der Waals surface area contributed by atoms with Gasteiger partial charge >= 0.3 is 0 Å². The van der Waals surface area contributed by atoms with Gasteiger partial charge in [0.1, 0.15) is 5.82 Å². The third-order valence-corrected chi connectivity index (χ3v) is 2.05. The van der Waals surface area contributed by atoms with E-state index in [1.54, 1.807) is 6.20 Å². The second-order valence-corrected chi connectivity index (χ2v) is 4.03. The van der Waals surface area contributed by atoms with E-state index in [1.165, 1.54) is 12.3 Å². The van der Waals surface area contributed by atoms with Gasteiger partial charge in [0, 0.05) is 18.8 Å². The van der Waals surface area contributed by atoms with Gasteiger partial charge in [0.2, 0.25) is 0 Å². The summed E-state index contributed by atoms with van der Waals surface area (Å²) in [5.41, 5.74) is 0.775. The predicted molar refractivity (Wildman–Crippen MR) is 61.6 cm³/mol. The zero-order valence-electron chi connectivity index (χ0n) is 9.87. The van der Waals surface area contributed by atoms with Gasteiger partial charge in [-0.15, -0.1) is 0 Å². The van der Waals surface area contributed by atoms with Crippen molar-refractivity contribution in [1.29, 1.82) is 0 Å². The van der Waals surface area contributed by atoms with Crippen LogP contribution in [0.15, 0.2) is 18.5 Å². The smallest absolute Gasteiger partial charge is 0.141 e. The summed E-state index contributed by atoms with van der Waals surface area (Å²) >= 11 is 0. The molecule has 0 aliphatic rings. The topological polar surface area (TPSA) is 34.1 Å². The Balaban J connectivity index is 2.07. The molecule has 0 aromatic carbocycles. The molecular formula is C12H19FN2O. The minimum absolute atomic E-state index is 0.317. The second kappa shape index (κ2) is 7.30. The van der Waals surface area contributed by atoms with Gasteiger partial charge in [-0.25, -0.2) is 4.39 Å². The van der Waals surface area contributed by atoms with E-state index in [0.717, 1.165) is 18.5 Å². The molecule has 0 atom stereocenters. The molecule has 0 fully saturated rings. The molecule has 1 aromatic rings. The molecular weight excluding hydrogens is 207 g/mol. The first-order chi connectivity index (χ1) is 7.68. The minimum Gasteiger partial charge on any atom is -0.377 e. The van der Waals surface area contributed by atoms with E-state index in [-0.39, 0.29) is 5.82 Å². The maximum absolute atomic E-state index is 12.8. The monoisotopic (exact) mass is 226 g/mol. The number of halogens is 1. The van der Waals surface area contributed by atoms with Crippen molar-refractivity contribution in [2.75, 3.05) is 13.2 Å². The van der Waals surface area contributed by atoms with Crippen molar-refractivity contribution in [3.63, 3.8) is 0 Å². The highest BCUT2D eigenvalue weighted by Crippen LogP contribution is 2.02. The third-order valence-electron chi connectivity index (χ3n) is 2.05. The molecule has 0 saturated carbocycles. The predicted octanol–water partition coefficient (Wildman–Crippen LogP) is 2.13. The average Bonchev–Trinajstić information content (AvgIpc) is 2.23. The molecule has 1 aromatic heterocycles. The standard InChI is InChI=1S/C12H19FN2O/c1-10(2)15-4-3-5-16-9-11-6-12(13)8-14-7-11/h6-8,10,15H,3-5,9H2,1-2H3. The van der Waals surface area contributed by atoms with E-state index < -0.39 is 0 Å². The molecule has 0 aliphatic carbocycles. The van der Waals surface area contributed by atoms with Gasteiger partial charge in [-0.05, 0) is 24.6 Å². The van der Waals surface area contributed by atoms with Crippen LogP contribution < -0.4 is 5.32 Å². The quantitative estimate of drug-likeness (QED) is 0.723. The summed E-state index contributed by atoms with van der Waals surface area (Å²) in [5.74, 6) is -0.317. The first kappa shape index (κ1) is 13.1. The first-order valence-corrected chi connectivity index (χ1v) is 5.59. The van der Waals surface area contributed by atoms with Crippen molar-refractivity contribution in [1.82, 2.24) is 10.3 Å². The Bertz CT molecular complexity index is 305. The summed E-state index contributed by atoms with van der Waals surface area (Å²) in [4.78, 5) is 3.76. The zero-order valence-corrected chi connectivity index (χ0v) is 9.87. The normalized spacial score (nSPS) is 11.0. The molecule has 0 spiro atoms. The maximum Gasteiger partial charge on any atom is 0.141 e. The average molecular weight is 226 g/mol. The van der Waals surface area contributed by atoms with Crippen LogP contribution in [0.2, 0.25) is 0 Å². The summed E-state index contributed by atoms with van der Waals surface area (Å²) in [6.45, 7) is 6.26. The lowest BCUT2D eigenvalue weighted by atomic mass is 10.3. The molecule has 16 heavy (non-hydrogen) atoms. The summed E-state index contributed by atoms with van der Waals surface area (Å²) < 4.78 is 18.2. The fourth-order valence-electron chi connectivity index (χ4n) is 1.29. The van der Waals surface area contributed by atoms with Crippen molar-refractivity contribution in [3.8, 4) is 0 Å². The number of nitrogens with zero attached hydrogens (tertiary/aromatic N) is 1. The van der Waals surface area contributed by atoms with Crippen LogP contribution in [0.5, 0.6) is 0 Å². The van der Waals surface area contributed by atoms with Gasteiger partial charge in [0.05, 0.1) is 12.8 Å². The molecule has 0 radical (unpaired) electrons. The summed E-state index contributed by atoms with van der Waals surface area (Å²) in [5, 5.41) is 3.30. The number of rotatable bonds is 7. The van der Waals surface area contributed by atoms with Gasteiger partial charge in [-0.1, -0.05) is 13.8 Å². The number of hydrogen-bond acceptors (Lipinski definition) is 3. The SMILES string of the molecule is CC(C)NCCCOCc1cncc(F)c1. The molecule has 1 rings (SSSR count). The van der Waals surface area contributed by atoms with Crippen LogP contribution in [0.4, 0.5) is 4.39 Å². The lowest BCUT2D eigenvalue weighted by molar-refractivity contribution is 0.117. The summed E-state index contributed by atoms with van der Waals surface area (Å²) in [6.07, 6.45) is 3.77. The number of aromatic nitrogens is 1. The van der Waals surface area contributed by atoms with E-state index >= 15 is 0 Å². The van der Waals surface area contributed by atoms with E-state index in [2.05, 4.69) is 24.1 Å². The highest BCUT2D eigenvalue weighted by Gasteiger charge is 1.97. The molecule has 4 heteroatoms. The molecule has 3 nitrogen and oxygen atoms in total. The van der Waals surface area contributed by atoms with Crippen molar-refractivity contribution in [2.24, 2.45) is 0 Å². The Morgan fingerprint density at radius 3 is 2.94 bits per heavy atom. The van der Waals surface area contributed by atoms with E-state index in [9.17, 15) is 4.39 Å². The summed E-state index contributed by atoms with van der Waals surface area (Å²) in [6, 6.07) is 1.95. The van der Waals surface area contributed by atoms with E-state index in [1.807, 2.05) is 0 Å². The Morgan fingerprint density at radius 2 is 2.25 bits per heavy atom.